The summed E-state index contributed by atoms with van der Waals surface area (Å²) in [5.74, 6) is 0.0304. The Hall–Kier alpha value is -1.13. The molecule has 0 aliphatic carbocycles. The lowest BCUT2D eigenvalue weighted by atomic mass is 9.96. The van der Waals surface area contributed by atoms with E-state index in [9.17, 15) is 4.79 Å². The summed E-state index contributed by atoms with van der Waals surface area (Å²) in [5.41, 5.74) is 1.08. The van der Waals surface area contributed by atoms with E-state index >= 15 is 0 Å². The first kappa shape index (κ1) is 14.3. The third-order valence-corrected chi connectivity index (χ3v) is 4.62. The fourth-order valence-corrected chi connectivity index (χ4v) is 3.42. The zero-order chi connectivity index (χ0) is 13.7. The van der Waals surface area contributed by atoms with Gasteiger partial charge in [0.2, 0.25) is 5.91 Å². The molecule has 1 unspecified atom stereocenters. The Morgan fingerprint density at radius 3 is 2.58 bits per heavy atom. The van der Waals surface area contributed by atoms with Gasteiger partial charge in [-0.05, 0) is 40.0 Å². The van der Waals surface area contributed by atoms with E-state index in [1.165, 1.54) is 0 Å². The smallest absolute Gasteiger partial charge is 0.227 e. The molecule has 19 heavy (non-hydrogen) atoms. The van der Waals surface area contributed by atoms with E-state index in [-0.39, 0.29) is 11.8 Å². The molecule has 1 heterocycles. The molecule has 0 aliphatic rings. The summed E-state index contributed by atoms with van der Waals surface area (Å²) in [6.45, 7) is 2.64. The molecule has 2 rings (SSSR count). The first-order chi connectivity index (χ1) is 9.20. The number of halogens is 1. The van der Waals surface area contributed by atoms with Crippen molar-refractivity contribution in [3.8, 4) is 0 Å². The van der Waals surface area contributed by atoms with Crippen molar-refractivity contribution in [2.45, 2.75) is 25.8 Å². The van der Waals surface area contributed by atoms with Crippen molar-refractivity contribution in [1.82, 2.24) is 5.32 Å². The quantitative estimate of drug-likeness (QED) is 0.864. The Bertz CT molecular complexity index is 538. The molecule has 0 bridgehead atoms. The summed E-state index contributed by atoms with van der Waals surface area (Å²) >= 11 is 5.07. The molecule has 0 fully saturated rings. The van der Waals surface area contributed by atoms with Gasteiger partial charge in [-0.25, -0.2) is 0 Å². The number of carbonyl (C=O) groups excluding carboxylic acids is 1. The number of benzene rings is 1. The van der Waals surface area contributed by atoms with E-state index in [1.807, 2.05) is 49.4 Å². The lowest BCUT2D eigenvalue weighted by molar-refractivity contribution is -0.122. The zero-order valence-electron chi connectivity index (χ0n) is 10.7. The molecule has 0 saturated heterocycles. The van der Waals surface area contributed by atoms with E-state index in [2.05, 4.69) is 21.2 Å². The highest BCUT2D eigenvalue weighted by Gasteiger charge is 2.17. The molecule has 0 radical (unpaired) electrons. The second-order valence-corrected chi connectivity index (χ2v) is 6.84. The molecule has 2 nitrogen and oxygen atoms in total. The van der Waals surface area contributed by atoms with Crippen LogP contribution in [0.25, 0.3) is 0 Å². The molecule has 0 spiro atoms. The number of rotatable bonds is 5. The van der Waals surface area contributed by atoms with E-state index < -0.39 is 0 Å². The summed E-state index contributed by atoms with van der Waals surface area (Å²) in [7, 11) is 0. The van der Waals surface area contributed by atoms with E-state index in [1.54, 1.807) is 11.3 Å². The first-order valence-corrected chi connectivity index (χ1v) is 7.88. The third kappa shape index (κ3) is 3.91. The van der Waals surface area contributed by atoms with Crippen LogP contribution in [-0.4, -0.2) is 5.91 Å². The lowest BCUT2D eigenvalue weighted by Gasteiger charge is -2.14. The van der Waals surface area contributed by atoms with Gasteiger partial charge in [-0.15, -0.1) is 11.3 Å². The minimum Gasteiger partial charge on any atom is -0.351 e. The largest absolute Gasteiger partial charge is 0.351 e. The van der Waals surface area contributed by atoms with Crippen molar-refractivity contribution in [1.29, 1.82) is 0 Å². The second kappa shape index (κ2) is 6.87. The van der Waals surface area contributed by atoms with Crippen LogP contribution in [0.15, 0.2) is 46.3 Å². The third-order valence-electron chi connectivity index (χ3n) is 2.99. The second-order valence-electron chi connectivity index (χ2n) is 4.30. The van der Waals surface area contributed by atoms with Gasteiger partial charge < -0.3 is 5.32 Å². The van der Waals surface area contributed by atoms with E-state index in [0.29, 0.717) is 6.54 Å². The SMILES string of the molecule is CCC(C(=O)NCc1ccc(Br)s1)c1ccccc1. The topological polar surface area (TPSA) is 29.1 Å². The summed E-state index contributed by atoms with van der Waals surface area (Å²) in [5, 5.41) is 3.01. The summed E-state index contributed by atoms with van der Waals surface area (Å²) in [6, 6.07) is 14.0. The minimum atomic E-state index is -0.0652. The fourth-order valence-electron chi connectivity index (χ4n) is 2.00. The molecular weight excluding hydrogens is 322 g/mol. The Morgan fingerprint density at radius 1 is 1.26 bits per heavy atom. The molecule has 1 amide bonds. The molecule has 1 aromatic heterocycles. The van der Waals surface area contributed by atoms with Crippen LogP contribution < -0.4 is 5.32 Å². The Morgan fingerprint density at radius 2 is 2.00 bits per heavy atom. The average Bonchev–Trinajstić information content (AvgIpc) is 2.84. The summed E-state index contributed by atoms with van der Waals surface area (Å²) in [4.78, 5) is 13.4. The van der Waals surface area contributed by atoms with Crippen molar-refractivity contribution in [3.63, 3.8) is 0 Å². The van der Waals surface area contributed by atoms with Gasteiger partial charge in [0.25, 0.3) is 0 Å². The lowest BCUT2D eigenvalue weighted by Crippen LogP contribution is -2.28. The van der Waals surface area contributed by atoms with Crippen LogP contribution in [0.1, 0.15) is 29.7 Å². The van der Waals surface area contributed by atoms with Crippen LogP contribution in [0.4, 0.5) is 0 Å². The van der Waals surface area contributed by atoms with Gasteiger partial charge in [0.15, 0.2) is 0 Å². The predicted molar refractivity (Wildman–Crippen MR) is 83.3 cm³/mol. The highest BCUT2D eigenvalue weighted by Crippen LogP contribution is 2.23. The highest BCUT2D eigenvalue weighted by molar-refractivity contribution is 9.11. The van der Waals surface area contributed by atoms with Crippen LogP contribution in [-0.2, 0) is 11.3 Å². The maximum Gasteiger partial charge on any atom is 0.227 e. The van der Waals surface area contributed by atoms with Crippen molar-refractivity contribution >= 4 is 33.2 Å². The van der Waals surface area contributed by atoms with Gasteiger partial charge in [0, 0.05) is 4.88 Å². The normalized spacial score (nSPS) is 12.1. The number of thiophene rings is 1. The Balaban J connectivity index is 1.98. The van der Waals surface area contributed by atoms with Crippen LogP contribution in [0, 0.1) is 0 Å². The Kier molecular flexibility index (Phi) is 5.16. The maximum absolute atomic E-state index is 12.2. The zero-order valence-corrected chi connectivity index (χ0v) is 13.1. The molecule has 2 aromatic rings. The number of nitrogens with one attached hydrogen (secondary N) is 1. The van der Waals surface area contributed by atoms with Crippen LogP contribution in [0.2, 0.25) is 0 Å². The molecular formula is C15H16BrNOS. The molecule has 4 heteroatoms. The van der Waals surface area contributed by atoms with Crippen LogP contribution >= 0.6 is 27.3 Å². The van der Waals surface area contributed by atoms with Crippen molar-refractivity contribution in [2.75, 3.05) is 0 Å². The van der Waals surface area contributed by atoms with Crippen LogP contribution in [0.5, 0.6) is 0 Å². The van der Waals surface area contributed by atoms with E-state index in [0.717, 1.165) is 20.6 Å². The van der Waals surface area contributed by atoms with Gasteiger partial charge in [0.1, 0.15) is 0 Å². The Labute approximate surface area is 126 Å². The number of carbonyl (C=O) groups is 1. The number of hydrogen-bond donors (Lipinski definition) is 1. The average molecular weight is 338 g/mol. The van der Waals surface area contributed by atoms with Gasteiger partial charge >= 0.3 is 0 Å². The van der Waals surface area contributed by atoms with Gasteiger partial charge in [-0.3, -0.25) is 4.79 Å². The van der Waals surface area contributed by atoms with Crippen LogP contribution in [0.3, 0.4) is 0 Å². The maximum atomic E-state index is 12.2. The standard InChI is InChI=1S/C15H16BrNOS/c1-2-13(11-6-4-3-5-7-11)15(18)17-10-12-8-9-14(16)19-12/h3-9,13H,2,10H2,1H3,(H,17,18). The van der Waals surface area contributed by atoms with Gasteiger partial charge in [-0.1, -0.05) is 37.3 Å². The van der Waals surface area contributed by atoms with E-state index in [4.69, 9.17) is 0 Å². The number of hydrogen-bond acceptors (Lipinski definition) is 2. The van der Waals surface area contributed by atoms with Gasteiger partial charge in [-0.2, -0.15) is 0 Å². The summed E-state index contributed by atoms with van der Waals surface area (Å²) < 4.78 is 1.09. The highest BCUT2D eigenvalue weighted by atomic mass is 79.9. The molecule has 100 valence electrons. The van der Waals surface area contributed by atoms with Crippen molar-refractivity contribution in [3.05, 3.63) is 56.7 Å². The first-order valence-electron chi connectivity index (χ1n) is 6.27. The molecule has 1 aromatic carbocycles. The monoisotopic (exact) mass is 337 g/mol. The van der Waals surface area contributed by atoms with Crippen molar-refractivity contribution in [2.24, 2.45) is 0 Å². The minimum absolute atomic E-state index is 0.0652. The van der Waals surface area contributed by atoms with Crippen molar-refractivity contribution < 1.29 is 4.79 Å². The molecule has 0 saturated carbocycles. The van der Waals surface area contributed by atoms with Gasteiger partial charge in [0.05, 0.1) is 16.2 Å². The molecule has 1 atom stereocenters. The number of amides is 1. The fraction of sp³-hybridized carbons (Fsp3) is 0.267. The molecule has 1 N–H and O–H groups in total. The summed E-state index contributed by atoms with van der Waals surface area (Å²) in [6.07, 6.45) is 0.810. The predicted octanol–water partition coefficient (Wildman–Crippen LogP) is 4.32. The molecule has 0 aliphatic heterocycles.